The van der Waals surface area contributed by atoms with Crippen LogP contribution in [0.15, 0.2) is 12.1 Å². The minimum Gasteiger partial charge on any atom is -0.548 e. The average Bonchev–Trinajstić information content (AvgIpc) is 2.92. The highest BCUT2D eigenvalue weighted by Crippen LogP contribution is 2.49. The third kappa shape index (κ3) is 1.71. The topological polar surface area (TPSA) is 113 Å². The van der Waals surface area contributed by atoms with Gasteiger partial charge in [0.05, 0.1) is 37.5 Å². The van der Waals surface area contributed by atoms with Gasteiger partial charge in [-0.25, -0.2) is 8.42 Å². The molecule has 0 aliphatic carbocycles. The number of carbonyl (C=O) groups is 2. The summed E-state index contributed by atoms with van der Waals surface area (Å²) in [6, 6.07) is 1.41. The predicted molar refractivity (Wildman–Crippen MR) is 71.0 cm³/mol. The van der Waals surface area contributed by atoms with E-state index in [1.165, 1.54) is 26.4 Å². The van der Waals surface area contributed by atoms with Crippen molar-refractivity contribution in [1.29, 1.82) is 0 Å². The van der Waals surface area contributed by atoms with Gasteiger partial charge in [0.15, 0.2) is 26.7 Å². The smallest absolute Gasteiger partial charge is 0.260 e. The largest absolute Gasteiger partial charge is 0.548 e. The quantitative estimate of drug-likeness (QED) is 0.678. The van der Waals surface area contributed by atoms with Gasteiger partial charge < -0.3 is 24.3 Å². The first-order valence-corrected chi connectivity index (χ1v) is 8.05. The first-order valence-electron chi connectivity index (χ1n) is 6.33. The molecule has 2 atom stereocenters. The SMILES string of the molecule is COc1ccc2c(c1OC)C(=O)N1[C@@H](C(=O)[O-])CS(=O)(=O)[C@@H]21. The van der Waals surface area contributed by atoms with Gasteiger partial charge >= 0.3 is 0 Å². The maximum Gasteiger partial charge on any atom is 0.260 e. The van der Waals surface area contributed by atoms with Crippen LogP contribution < -0.4 is 14.6 Å². The molecule has 0 saturated carbocycles. The van der Waals surface area contributed by atoms with Crippen LogP contribution in [0.2, 0.25) is 0 Å². The van der Waals surface area contributed by atoms with Crippen molar-refractivity contribution in [2.45, 2.75) is 11.4 Å². The second kappa shape index (κ2) is 4.60. The molecule has 3 rings (SSSR count). The molecule has 1 aromatic carbocycles. The summed E-state index contributed by atoms with van der Waals surface area (Å²) in [5.41, 5.74) is 0.216. The van der Waals surface area contributed by atoms with E-state index in [0.29, 0.717) is 0 Å². The number of amides is 1. The Bertz CT molecular complexity index is 786. The number of hydrogen-bond donors (Lipinski definition) is 0. The van der Waals surface area contributed by atoms with Crippen LogP contribution in [-0.4, -0.2) is 51.2 Å². The van der Waals surface area contributed by atoms with E-state index in [-0.39, 0.29) is 22.6 Å². The Balaban J connectivity index is 2.26. The fraction of sp³-hybridized carbons (Fsp3) is 0.385. The average molecular weight is 326 g/mol. The van der Waals surface area contributed by atoms with Gasteiger partial charge in [0.25, 0.3) is 5.91 Å². The molecule has 0 spiro atoms. The molecule has 22 heavy (non-hydrogen) atoms. The number of methoxy groups -OCH3 is 2. The molecule has 1 saturated heterocycles. The van der Waals surface area contributed by atoms with E-state index in [1.807, 2.05) is 0 Å². The molecule has 2 aliphatic rings. The van der Waals surface area contributed by atoms with Crippen molar-refractivity contribution in [1.82, 2.24) is 4.90 Å². The van der Waals surface area contributed by atoms with Crippen LogP contribution in [0, 0.1) is 0 Å². The molecule has 1 fully saturated rings. The molecule has 8 nitrogen and oxygen atoms in total. The van der Waals surface area contributed by atoms with Crippen LogP contribution in [0.4, 0.5) is 0 Å². The lowest BCUT2D eigenvalue weighted by molar-refractivity contribution is -0.309. The molecule has 1 amide bonds. The third-order valence-electron chi connectivity index (χ3n) is 3.88. The van der Waals surface area contributed by atoms with E-state index in [4.69, 9.17) is 9.47 Å². The maximum atomic E-state index is 12.6. The van der Waals surface area contributed by atoms with Crippen molar-refractivity contribution in [3.63, 3.8) is 0 Å². The van der Waals surface area contributed by atoms with Crippen molar-refractivity contribution in [2.75, 3.05) is 20.0 Å². The fourth-order valence-corrected chi connectivity index (χ4v) is 5.09. The van der Waals surface area contributed by atoms with E-state index in [9.17, 15) is 23.1 Å². The number of hydrogen-bond acceptors (Lipinski definition) is 7. The third-order valence-corrected chi connectivity index (χ3v) is 5.82. The van der Waals surface area contributed by atoms with Crippen molar-refractivity contribution in [2.24, 2.45) is 0 Å². The molecule has 2 aliphatic heterocycles. The number of carboxylic acid groups (broad SMARTS) is 1. The minimum atomic E-state index is -3.82. The summed E-state index contributed by atoms with van der Waals surface area (Å²) in [7, 11) is -1.12. The van der Waals surface area contributed by atoms with E-state index < -0.39 is 38.9 Å². The number of carboxylic acids is 1. The number of ether oxygens (including phenoxy) is 2. The number of aliphatic carboxylic acids is 1. The zero-order valence-electron chi connectivity index (χ0n) is 11.7. The highest BCUT2D eigenvalue weighted by molar-refractivity contribution is 7.92. The Labute approximate surface area is 126 Å². The van der Waals surface area contributed by atoms with Gasteiger partial charge in [-0.2, -0.15) is 0 Å². The second-order valence-electron chi connectivity index (χ2n) is 4.99. The van der Waals surface area contributed by atoms with Gasteiger partial charge in [-0.1, -0.05) is 6.07 Å². The summed E-state index contributed by atoms with van der Waals surface area (Å²) < 4.78 is 34.8. The molecular weight excluding hydrogens is 314 g/mol. The zero-order chi connectivity index (χ0) is 16.2. The number of benzene rings is 1. The molecule has 0 bridgehead atoms. The van der Waals surface area contributed by atoms with Crippen LogP contribution in [0.5, 0.6) is 11.5 Å². The van der Waals surface area contributed by atoms with Crippen molar-refractivity contribution >= 4 is 21.7 Å². The lowest BCUT2D eigenvalue weighted by Gasteiger charge is -2.22. The fourth-order valence-electron chi connectivity index (χ4n) is 3.00. The molecule has 0 N–H and O–H groups in total. The number of rotatable bonds is 3. The van der Waals surface area contributed by atoms with Crippen LogP contribution >= 0.6 is 0 Å². The van der Waals surface area contributed by atoms with Crippen LogP contribution in [0.25, 0.3) is 0 Å². The standard InChI is InChI=1S/C13H13NO7S/c1-20-8-4-3-6-9(10(8)21-2)11(15)14-7(13(16)17)5-22(18,19)12(6)14/h3-4,7,12H,5H2,1-2H3,(H,16,17)/p-1/t7-,12+/m1/s1. The lowest BCUT2D eigenvalue weighted by atomic mass is 10.1. The van der Waals surface area contributed by atoms with Crippen molar-refractivity contribution in [3.8, 4) is 11.5 Å². The molecule has 0 unspecified atom stereocenters. The summed E-state index contributed by atoms with van der Waals surface area (Å²) >= 11 is 0. The monoisotopic (exact) mass is 326 g/mol. The summed E-state index contributed by atoms with van der Waals surface area (Å²) in [5.74, 6) is -2.62. The number of nitrogens with zero attached hydrogens (tertiary/aromatic N) is 1. The Morgan fingerprint density at radius 3 is 2.55 bits per heavy atom. The summed E-state index contributed by atoms with van der Waals surface area (Å²) in [5, 5.41) is 9.86. The number of fused-ring (bicyclic) bond motifs is 3. The molecule has 0 aromatic heterocycles. The van der Waals surface area contributed by atoms with Crippen LogP contribution in [-0.2, 0) is 14.6 Å². The second-order valence-corrected chi connectivity index (χ2v) is 7.10. The zero-order valence-corrected chi connectivity index (χ0v) is 12.5. The highest BCUT2D eigenvalue weighted by Gasteiger charge is 2.55. The molecular formula is C13H12NO7S-. The highest BCUT2D eigenvalue weighted by atomic mass is 32.2. The van der Waals surface area contributed by atoms with Crippen molar-refractivity contribution < 1.29 is 32.6 Å². The van der Waals surface area contributed by atoms with Crippen LogP contribution in [0.3, 0.4) is 0 Å². The predicted octanol–water partition coefficient (Wildman–Crippen LogP) is -1.29. The van der Waals surface area contributed by atoms with E-state index in [1.54, 1.807) is 0 Å². The van der Waals surface area contributed by atoms with E-state index >= 15 is 0 Å². The normalized spacial score (nSPS) is 24.8. The van der Waals surface area contributed by atoms with Crippen LogP contribution in [0.1, 0.15) is 21.3 Å². The van der Waals surface area contributed by atoms with Gasteiger partial charge in [-0.3, -0.25) is 4.79 Å². The number of sulfone groups is 1. The minimum absolute atomic E-state index is 0.0152. The Kier molecular flexibility index (Phi) is 3.06. The van der Waals surface area contributed by atoms with E-state index in [2.05, 4.69) is 0 Å². The first-order chi connectivity index (χ1) is 10.3. The molecule has 0 radical (unpaired) electrons. The van der Waals surface area contributed by atoms with Crippen molar-refractivity contribution in [3.05, 3.63) is 23.3 Å². The Morgan fingerprint density at radius 1 is 1.32 bits per heavy atom. The number of carbonyl (C=O) groups excluding carboxylic acids is 2. The van der Waals surface area contributed by atoms with Gasteiger partial charge in [0.2, 0.25) is 0 Å². The molecule has 2 heterocycles. The van der Waals surface area contributed by atoms with Gasteiger partial charge in [-0.05, 0) is 6.07 Å². The Hall–Kier alpha value is -2.29. The maximum absolute atomic E-state index is 12.6. The van der Waals surface area contributed by atoms with E-state index in [0.717, 1.165) is 4.90 Å². The first kappa shape index (κ1) is 14.6. The summed E-state index contributed by atoms with van der Waals surface area (Å²) in [4.78, 5) is 24.6. The molecule has 9 heteroatoms. The summed E-state index contributed by atoms with van der Waals surface area (Å²) in [6.45, 7) is 0. The Morgan fingerprint density at radius 2 is 2.00 bits per heavy atom. The molecule has 1 aromatic rings. The molecule has 118 valence electrons. The van der Waals surface area contributed by atoms with Gasteiger partial charge in [0.1, 0.15) is 0 Å². The lowest BCUT2D eigenvalue weighted by Crippen LogP contribution is -2.47. The van der Waals surface area contributed by atoms with Gasteiger partial charge in [-0.15, -0.1) is 0 Å². The summed E-state index contributed by atoms with van der Waals surface area (Å²) in [6.07, 6.45) is 0. The van der Waals surface area contributed by atoms with Gasteiger partial charge in [0, 0.05) is 5.56 Å².